The number of aromatic hydroxyl groups is 1. The Morgan fingerprint density at radius 3 is 2.03 bits per heavy atom. The number of nitro groups is 2. The molecule has 12 heteroatoms. The Bertz CT molecular complexity index is 1340. The van der Waals surface area contributed by atoms with Crippen molar-refractivity contribution in [2.75, 3.05) is 0 Å². The topological polar surface area (TPSA) is 177 Å². The first kappa shape index (κ1) is 26.5. The van der Waals surface area contributed by atoms with Crippen LogP contribution in [0.5, 0.6) is 5.75 Å². The van der Waals surface area contributed by atoms with E-state index in [1.165, 1.54) is 12.1 Å². The van der Waals surface area contributed by atoms with Crippen molar-refractivity contribution >= 4 is 28.9 Å². The molecule has 0 saturated heterocycles. The van der Waals surface area contributed by atoms with Gasteiger partial charge < -0.3 is 10.4 Å². The Labute approximate surface area is 210 Å². The molecule has 0 aliphatic carbocycles. The minimum Gasteiger partial charge on any atom is -0.508 e. The van der Waals surface area contributed by atoms with Gasteiger partial charge in [-0.2, -0.15) is 5.10 Å². The summed E-state index contributed by atoms with van der Waals surface area (Å²) in [5.41, 5.74) is 3.69. The molecular formula is C25H23N5O7. The number of aryl methyl sites for hydroxylation is 1. The lowest BCUT2D eigenvalue weighted by Gasteiger charge is -2.18. The van der Waals surface area contributed by atoms with Crippen molar-refractivity contribution < 1.29 is 24.5 Å². The van der Waals surface area contributed by atoms with Crippen LogP contribution in [0.4, 0.5) is 11.4 Å². The summed E-state index contributed by atoms with van der Waals surface area (Å²) >= 11 is 0. The van der Waals surface area contributed by atoms with E-state index in [-0.39, 0.29) is 17.7 Å². The maximum absolute atomic E-state index is 13.0. The smallest absolute Gasteiger partial charge is 0.277 e. The lowest BCUT2D eigenvalue weighted by atomic mass is 10.0. The van der Waals surface area contributed by atoms with E-state index in [2.05, 4.69) is 15.8 Å². The van der Waals surface area contributed by atoms with Crippen LogP contribution >= 0.6 is 0 Å². The Hall–Kier alpha value is -5.13. The van der Waals surface area contributed by atoms with Crippen LogP contribution in [-0.2, 0) is 11.2 Å². The predicted molar refractivity (Wildman–Crippen MR) is 134 cm³/mol. The number of rotatable bonds is 9. The Morgan fingerprint density at radius 1 is 0.919 bits per heavy atom. The summed E-state index contributed by atoms with van der Waals surface area (Å²) in [6.45, 7) is 3.63. The van der Waals surface area contributed by atoms with E-state index in [0.29, 0.717) is 11.3 Å². The van der Waals surface area contributed by atoms with Crippen molar-refractivity contribution in [3.05, 3.63) is 109 Å². The molecule has 3 aromatic rings. The third-order valence-electron chi connectivity index (χ3n) is 5.39. The van der Waals surface area contributed by atoms with Gasteiger partial charge in [-0.1, -0.05) is 42.0 Å². The molecule has 3 rings (SSSR count). The third-order valence-corrected chi connectivity index (χ3v) is 5.39. The van der Waals surface area contributed by atoms with Crippen molar-refractivity contribution in [1.29, 1.82) is 0 Å². The SMILES string of the molecule is C/C(=N\NC(=O)C(Cc1ccc(O)cc1)NC(=O)c1cc([N+](=O)[O-])cc([N+](=O)[O-])c1)c1ccc(C)cc1. The summed E-state index contributed by atoms with van der Waals surface area (Å²) in [6, 6.07) is 14.7. The minimum atomic E-state index is -1.20. The lowest BCUT2D eigenvalue weighted by Crippen LogP contribution is -2.47. The molecule has 1 atom stereocenters. The first-order valence-electron chi connectivity index (χ1n) is 11.0. The van der Waals surface area contributed by atoms with E-state index in [1.807, 2.05) is 31.2 Å². The molecule has 1 unspecified atom stereocenters. The highest BCUT2D eigenvalue weighted by Crippen LogP contribution is 2.23. The zero-order valence-electron chi connectivity index (χ0n) is 19.9. The molecular weight excluding hydrogens is 482 g/mol. The van der Waals surface area contributed by atoms with Gasteiger partial charge in [0.05, 0.1) is 27.2 Å². The largest absolute Gasteiger partial charge is 0.508 e. The van der Waals surface area contributed by atoms with Crippen molar-refractivity contribution in [2.24, 2.45) is 5.10 Å². The van der Waals surface area contributed by atoms with Gasteiger partial charge in [0, 0.05) is 18.6 Å². The van der Waals surface area contributed by atoms with Gasteiger partial charge in [0.1, 0.15) is 11.8 Å². The van der Waals surface area contributed by atoms with Gasteiger partial charge in [0.15, 0.2) is 0 Å². The highest BCUT2D eigenvalue weighted by atomic mass is 16.6. The number of phenols is 1. The van der Waals surface area contributed by atoms with Crippen LogP contribution in [0.1, 0.15) is 34.0 Å². The molecule has 190 valence electrons. The summed E-state index contributed by atoms with van der Waals surface area (Å²) in [7, 11) is 0. The van der Waals surface area contributed by atoms with Crippen LogP contribution in [-0.4, -0.2) is 38.5 Å². The van der Waals surface area contributed by atoms with E-state index in [1.54, 1.807) is 19.1 Å². The number of carbonyl (C=O) groups is 2. The van der Waals surface area contributed by atoms with E-state index in [9.17, 15) is 34.9 Å². The molecule has 12 nitrogen and oxygen atoms in total. The molecule has 3 aromatic carbocycles. The van der Waals surface area contributed by atoms with Gasteiger partial charge >= 0.3 is 0 Å². The summed E-state index contributed by atoms with van der Waals surface area (Å²) in [6.07, 6.45) is -0.0199. The molecule has 0 spiro atoms. The van der Waals surface area contributed by atoms with E-state index in [4.69, 9.17) is 0 Å². The van der Waals surface area contributed by atoms with Crippen LogP contribution in [0.25, 0.3) is 0 Å². The zero-order valence-corrected chi connectivity index (χ0v) is 19.9. The van der Waals surface area contributed by atoms with Gasteiger partial charge in [-0.25, -0.2) is 5.43 Å². The third kappa shape index (κ3) is 7.18. The number of hydrazone groups is 1. The van der Waals surface area contributed by atoms with Gasteiger partial charge in [0.25, 0.3) is 23.2 Å². The average molecular weight is 505 g/mol. The van der Waals surface area contributed by atoms with Gasteiger partial charge in [-0.3, -0.25) is 29.8 Å². The van der Waals surface area contributed by atoms with Crippen LogP contribution in [0.2, 0.25) is 0 Å². The number of amides is 2. The fraction of sp³-hybridized carbons (Fsp3) is 0.160. The number of nitro benzene ring substituents is 2. The van der Waals surface area contributed by atoms with E-state index >= 15 is 0 Å². The first-order chi connectivity index (χ1) is 17.5. The highest BCUT2D eigenvalue weighted by molar-refractivity contribution is 6.01. The van der Waals surface area contributed by atoms with E-state index in [0.717, 1.165) is 29.3 Å². The molecule has 0 saturated carbocycles. The maximum Gasteiger partial charge on any atom is 0.277 e. The normalized spacial score (nSPS) is 11.9. The molecule has 0 aliphatic rings. The quantitative estimate of drug-likeness (QED) is 0.227. The molecule has 0 heterocycles. The molecule has 0 aromatic heterocycles. The number of carbonyl (C=O) groups excluding carboxylic acids is 2. The molecule has 0 fully saturated rings. The highest BCUT2D eigenvalue weighted by Gasteiger charge is 2.25. The zero-order chi connectivity index (χ0) is 27.1. The fourth-order valence-electron chi connectivity index (χ4n) is 3.33. The van der Waals surface area contributed by atoms with Crippen molar-refractivity contribution in [1.82, 2.24) is 10.7 Å². The molecule has 0 aliphatic heterocycles. The van der Waals surface area contributed by atoms with Crippen LogP contribution in [0, 0.1) is 27.2 Å². The number of phenolic OH excluding ortho intramolecular Hbond substituents is 1. The number of nitrogens with one attached hydrogen (secondary N) is 2. The Morgan fingerprint density at radius 2 is 1.49 bits per heavy atom. The van der Waals surface area contributed by atoms with Crippen molar-refractivity contribution in [3.63, 3.8) is 0 Å². The van der Waals surface area contributed by atoms with Crippen LogP contribution < -0.4 is 10.7 Å². The molecule has 3 N–H and O–H groups in total. The van der Waals surface area contributed by atoms with Gasteiger partial charge in [-0.15, -0.1) is 0 Å². The van der Waals surface area contributed by atoms with Crippen molar-refractivity contribution in [3.8, 4) is 5.75 Å². The molecule has 37 heavy (non-hydrogen) atoms. The summed E-state index contributed by atoms with van der Waals surface area (Å²) in [5.74, 6) is -1.60. The number of hydrogen-bond donors (Lipinski definition) is 3. The monoisotopic (exact) mass is 505 g/mol. The second-order valence-corrected chi connectivity index (χ2v) is 8.19. The lowest BCUT2D eigenvalue weighted by molar-refractivity contribution is -0.394. The van der Waals surface area contributed by atoms with Gasteiger partial charge in [0.2, 0.25) is 0 Å². The van der Waals surface area contributed by atoms with Crippen LogP contribution in [0.15, 0.2) is 71.8 Å². The predicted octanol–water partition coefficient (Wildman–Crippen LogP) is 3.40. The summed E-state index contributed by atoms with van der Waals surface area (Å²) in [5, 5.41) is 38.5. The number of benzene rings is 3. The van der Waals surface area contributed by atoms with E-state index < -0.39 is 39.1 Å². The van der Waals surface area contributed by atoms with Crippen LogP contribution in [0.3, 0.4) is 0 Å². The number of non-ortho nitro benzene ring substituents is 2. The fourth-order valence-corrected chi connectivity index (χ4v) is 3.33. The Kier molecular flexibility index (Phi) is 8.25. The average Bonchev–Trinajstić information content (AvgIpc) is 2.87. The molecule has 0 bridgehead atoms. The first-order valence-corrected chi connectivity index (χ1v) is 11.0. The Balaban J connectivity index is 1.87. The number of hydrogen-bond acceptors (Lipinski definition) is 8. The summed E-state index contributed by atoms with van der Waals surface area (Å²) < 4.78 is 0. The minimum absolute atomic E-state index is 0.0102. The second kappa shape index (κ2) is 11.5. The maximum atomic E-state index is 13.0. The standard InChI is InChI=1S/C25H23N5O7/c1-15-3-7-18(8-4-15)16(2)27-28-25(33)23(11-17-5-9-22(31)10-6-17)26-24(32)19-12-20(29(34)35)14-21(13-19)30(36)37/h3-10,12-14,23,31H,11H2,1-2H3,(H,26,32)(H,28,33)/b27-16+. The summed E-state index contributed by atoms with van der Waals surface area (Å²) in [4.78, 5) is 46.6. The second-order valence-electron chi connectivity index (χ2n) is 8.19. The molecule has 0 radical (unpaired) electrons. The van der Waals surface area contributed by atoms with Gasteiger partial charge in [-0.05, 0) is 37.1 Å². The number of nitrogens with zero attached hydrogens (tertiary/aromatic N) is 3. The molecule has 2 amide bonds. The van der Waals surface area contributed by atoms with Crippen molar-refractivity contribution in [2.45, 2.75) is 26.3 Å².